The molecule has 0 spiro atoms. The average molecular weight is 404 g/mol. The number of benzene rings is 1. The van der Waals surface area contributed by atoms with Crippen LogP contribution in [0.4, 0.5) is 0 Å². The molecule has 1 aliphatic heterocycles. The Bertz CT molecular complexity index is 745. The van der Waals surface area contributed by atoms with Crippen molar-refractivity contribution in [1.82, 2.24) is 9.21 Å². The minimum atomic E-state index is -3.47. The summed E-state index contributed by atoms with van der Waals surface area (Å²) in [7, 11) is -1.95. The van der Waals surface area contributed by atoms with Crippen LogP contribution in [0.5, 0.6) is 0 Å². The summed E-state index contributed by atoms with van der Waals surface area (Å²) < 4.78 is 26.0. The first-order chi connectivity index (χ1) is 11.6. The number of carbonyl (C=O) groups excluding carboxylic acids is 2. The Labute approximate surface area is 161 Å². The van der Waals surface area contributed by atoms with Crippen molar-refractivity contribution in [1.29, 1.82) is 0 Å². The maximum atomic E-state index is 12.4. The molecule has 0 aliphatic carbocycles. The van der Waals surface area contributed by atoms with Gasteiger partial charge in [0.1, 0.15) is 0 Å². The van der Waals surface area contributed by atoms with Gasteiger partial charge in [0.2, 0.25) is 10.0 Å². The zero-order valence-corrected chi connectivity index (χ0v) is 16.9. The third-order valence-electron chi connectivity index (χ3n) is 4.34. The first-order valence-electron chi connectivity index (χ1n) is 8.18. The van der Waals surface area contributed by atoms with E-state index in [0.29, 0.717) is 24.2 Å². The maximum absolute atomic E-state index is 12.4. The lowest BCUT2D eigenvalue weighted by Crippen LogP contribution is -2.41. The lowest BCUT2D eigenvalue weighted by Gasteiger charge is -2.28. The van der Waals surface area contributed by atoms with Gasteiger partial charge in [-0.2, -0.15) is 0 Å². The van der Waals surface area contributed by atoms with Gasteiger partial charge in [-0.15, -0.1) is 12.4 Å². The minimum absolute atomic E-state index is 0. The van der Waals surface area contributed by atoms with E-state index in [1.165, 1.54) is 11.4 Å². The highest BCUT2D eigenvalue weighted by atomic mass is 35.5. The van der Waals surface area contributed by atoms with Crippen LogP contribution in [0.15, 0.2) is 24.3 Å². The van der Waals surface area contributed by atoms with Crippen LogP contribution in [0.2, 0.25) is 0 Å². The van der Waals surface area contributed by atoms with Crippen molar-refractivity contribution in [3.8, 4) is 0 Å². The lowest BCUT2D eigenvalue weighted by molar-refractivity contribution is 0.0654. The monoisotopic (exact) mass is 403 g/mol. The molecule has 0 saturated heterocycles. The van der Waals surface area contributed by atoms with Crippen molar-refractivity contribution in [2.75, 3.05) is 32.4 Å². The fourth-order valence-electron chi connectivity index (χ4n) is 2.77. The molecule has 2 amide bonds. The summed E-state index contributed by atoms with van der Waals surface area (Å²) in [6.45, 7) is 4.58. The maximum Gasteiger partial charge on any atom is 0.261 e. The van der Waals surface area contributed by atoms with Gasteiger partial charge >= 0.3 is 0 Å². The number of fused-ring (bicyclic) bond motifs is 1. The molecule has 0 unspecified atom stereocenters. The van der Waals surface area contributed by atoms with E-state index in [1.54, 1.807) is 24.3 Å². The fraction of sp³-hybridized carbons (Fsp3) is 0.529. The van der Waals surface area contributed by atoms with Crippen LogP contribution in [0, 0.1) is 5.41 Å². The SMILES string of the molecule is CN(CC(C)(C)CN)S(=O)(=O)CCCN1C(=O)c2ccccc2C1=O.Cl. The summed E-state index contributed by atoms with van der Waals surface area (Å²) in [5.74, 6) is -0.858. The van der Waals surface area contributed by atoms with Crippen LogP contribution in [0.1, 0.15) is 41.0 Å². The highest BCUT2D eigenvalue weighted by Gasteiger charge is 2.35. The van der Waals surface area contributed by atoms with E-state index < -0.39 is 10.0 Å². The summed E-state index contributed by atoms with van der Waals surface area (Å²) in [6, 6.07) is 6.61. The van der Waals surface area contributed by atoms with E-state index in [-0.39, 0.29) is 48.4 Å². The molecule has 0 fully saturated rings. The van der Waals surface area contributed by atoms with Crippen molar-refractivity contribution in [2.24, 2.45) is 11.1 Å². The number of hydrogen-bond donors (Lipinski definition) is 1. The van der Waals surface area contributed by atoms with Gasteiger partial charge in [-0.1, -0.05) is 26.0 Å². The van der Waals surface area contributed by atoms with Gasteiger partial charge in [-0.3, -0.25) is 14.5 Å². The highest BCUT2D eigenvalue weighted by Crippen LogP contribution is 2.23. The number of hydrogen-bond acceptors (Lipinski definition) is 5. The zero-order valence-electron chi connectivity index (χ0n) is 15.3. The Balaban J connectivity index is 0.00000338. The molecule has 26 heavy (non-hydrogen) atoms. The van der Waals surface area contributed by atoms with Crippen molar-refractivity contribution in [3.05, 3.63) is 35.4 Å². The van der Waals surface area contributed by atoms with Crippen molar-refractivity contribution < 1.29 is 18.0 Å². The molecule has 146 valence electrons. The molecule has 0 atom stereocenters. The number of carbonyl (C=O) groups is 2. The van der Waals surface area contributed by atoms with Crippen molar-refractivity contribution in [2.45, 2.75) is 20.3 Å². The normalized spacial score (nSPS) is 14.6. The first-order valence-corrected chi connectivity index (χ1v) is 9.79. The summed E-state index contributed by atoms with van der Waals surface area (Å²) in [4.78, 5) is 25.6. The Hall–Kier alpha value is -1.48. The molecule has 1 aromatic rings. The van der Waals surface area contributed by atoms with Crippen molar-refractivity contribution in [3.63, 3.8) is 0 Å². The Kier molecular flexibility index (Phi) is 7.35. The topological polar surface area (TPSA) is 101 Å². The summed E-state index contributed by atoms with van der Waals surface area (Å²) in [5, 5.41) is 0. The number of imide groups is 1. The second-order valence-electron chi connectivity index (χ2n) is 7.10. The van der Waals surface area contributed by atoms with E-state index >= 15 is 0 Å². The van der Waals surface area contributed by atoms with Crippen molar-refractivity contribution >= 4 is 34.2 Å². The van der Waals surface area contributed by atoms with Gasteiger partial charge in [0, 0.05) is 20.1 Å². The molecular weight excluding hydrogens is 378 g/mol. The van der Waals surface area contributed by atoms with Crippen LogP contribution in [0.3, 0.4) is 0 Å². The summed E-state index contributed by atoms with van der Waals surface area (Å²) in [5.41, 5.74) is 6.08. The Morgan fingerprint density at radius 3 is 2.08 bits per heavy atom. The molecule has 1 aromatic carbocycles. The van der Waals surface area contributed by atoms with E-state index in [9.17, 15) is 18.0 Å². The quantitative estimate of drug-likeness (QED) is 0.660. The molecular formula is C17H26ClN3O4S. The predicted octanol–water partition coefficient (Wildman–Crippen LogP) is 1.34. The van der Waals surface area contributed by atoms with Crippen LogP contribution in [-0.4, -0.2) is 61.9 Å². The summed E-state index contributed by atoms with van der Waals surface area (Å²) >= 11 is 0. The minimum Gasteiger partial charge on any atom is -0.330 e. The molecule has 1 aliphatic rings. The first kappa shape index (κ1) is 22.6. The van der Waals surface area contributed by atoms with Gasteiger partial charge < -0.3 is 5.73 Å². The third kappa shape index (κ3) is 4.82. The van der Waals surface area contributed by atoms with Crippen LogP contribution in [0.25, 0.3) is 0 Å². The van der Waals surface area contributed by atoms with Crippen LogP contribution < -0.4 is 5.73 Å². The van der Waals surface area contributed by atoms with Gasteiger partial charge in [-0.25, -0.2) is 12.7 Å². The average Bonchev–Trinajstić information content (AvgIpc) is 2.79. The van der Waals surface area contributed by atoms with Crippen LogP contribution in [-0.2, 0) is 10.0 Å². The number of nitrogens with two attached hydrogens (primary N) is 1. The number of sulfonamides is 1. The molecule has 7 nitrogen and oxygen atoms in total. The molecule has 0 aromatic heterocycles. The Morgan fingerprint density at radius 2 is 1.62 bits per heavy atom. The second kappa shape index (κ2) is 8.47. The molecule has 0 saturated carbocycles. The Morgan fingerprint density at radius 1 is 1.12 bits per heavy atom. The fourth-order valence-corrected chi connectivity index (χ4v) is 4.12. The van der Waals surface area contributed by atoms with Gasteiger partial charge in [-0.05, 0) is 30.5 Å². The highest BCUT2D eigenvalue weighted by molar-refractivity contribution is 7.89. The molecule has 1 heterocycles. The number of nitrogens with zero attached hydrogens (tertiary/aromatic N) is 2. The molecule has 9 heteroatoms. The van der Waals surface area contributed by atoms with E-state index in [1.807, 2.05) is 13.8 Å². The number of amides is 2. The smallest absolute Gasteiger partial charge is 0.261 e. The predicted molar refractivity (Wildman–Crippen MR) is 103 cm³/mol. The molecule has 0 radical (unpaired) electrons. The second-order valence-corrected chi connectivity index (χ2v) is 9.30. The standard InChI is InChI=1S/C17H25N3O4S.ClH/c1-17(2,11-18)12-19(3)25(23,24)10-6-9-20-15(21)13-7-4-5-8-14(13)16(20)22;/h4-5,7-8H,6,9-12,18H2,1-3H3;1H. The molecule has 2 rings (SSSR count). The van der Waals surface area contributed by atoms with Gasteiger partial charge in [0.15, 0.2) is 0 Å². The lowest BCUT2D eigenvalue weighted by atomic mass is 9.94. The van der Waals surface area contributed by atoms with E-state index in [4.69, 9.17) is 5.73 Å². The summed E-state index contributed by atoms with van der Waals surface area (Å²) in [6.07, 6.45) is 0.196. The largest absolute Gasteiger partial charge is 0.330 e. The van der Waals surface area contributed by atoms with Gasteiger partial charge in [0.05, 0.1) is 16.9 Å². The van der Waals surface area contributed by atoms with Gasteiger partial charge in [0.25, 0.3) is 11.8 Å². The van der Waals surface area contributed by atoms with E-state index in [2.05, 4.69) is 0 Å². The third-order valence-corrected chi connectivity index (χ3v) is 6.22. The van der Waals surface area contributed by atoms with E-state index in [0.717, 1.165) is 4.90 Å². The zero-order chi connectivity index (χ0) is 18.8. The van der Waals surface area contributed by atoms with Crippen LogP contribution >= 0.6 is 12.4 Å². The number of rotatable bonds is 8. The molecule has 2 N–H and O–H groups in total. The number of halogens is 1. The molecule has 0 bridgehead atoms.